The van der Waals surface area contributed by atoms with Gasteiger partial charge >= 0.3 is 6.09 Å². The molecule has 2 amide bonds. The van der Waals surface area contributed by atoms with Gasteiger partial charge in [0.05, 0.1) is 17.8 Å². The predicted molar refractivity (Wildman–Crippen MR) is 145 cm³/mol. The van der Waals surface area contributed by atoms with E-state index in [4.69, 9.17) is 19.7 Å². The zero-order chi connectivity index (χ0) is 28.6. The third kappa shape index (κ3) is 7.95. The van der Waals surface area contributed by atoms with Gasteiger partial charge in [0, 0.05) is 24.9 Å². The summed E-state index contributed by atoms with van der Waals surface area (Å²) in [5.41, 5.74) is 8.62. The third-order valence-corrected chi connectivity index (χ3v) is 5.79. The maximum Gasteiger partial charge on any atom is 0.408 e. The Morgan fingerprint density at radius 3 is 2.64 bits per heavy atom. The zero-order valence-corrected chi connectivity index (χ0v) is 22.7. The largest absolute Gasteiger partial charge is 0.493 e. The fourth-order valence-corrected chi connectivity index (χ4v) is 3.91. The van der Waals surface area contributed by atoms with Gasteiger partial charge in [-0.15, -0.1) is 0 Å². The molecule has 206 valence electrons. The van der Waals surface area contributed by atoms with Gasteiger partial charge < -0.3 is 29.9 Å². The van der Waals surface area contributed by atoms with E-state index in [1.807, 2.05) is 24.3 Å². The summed E-state index contributed by atoms with van der Waals surface area (Å²) in [6.07, 6.45) is 3.44. The number of rotatable bonds is 8. The summed E-state index contributed by atoms with van der Waals surface area (Å²) < 4.78 is 15.9. The van der Waals surface area contributed by atoms with Crippen LogP contribution in [0.15, 0.2) is 52.9 Å². The number of nitrogens with two attached hydrogens (primary N) is 1. The van der Waals surface area contributed by atoms with Crippen LogP contribution < -0.4 is 11.1 Å². The van der Waals surface area contributed by atoms with Gasteiger partial charge in [-0.2, -0.15) is 10.2 Å². The zero-order valence-electron chi connectivity index (χ0n) is 22.7. The molecule has 0 saturated heterocycles. The van der Waals surface area contributed by atoms with E-state index in [1.165, 1.54) is 12.3 Å². The van der Waals surface area contributed by atoms with Gasteiger partial charge in [0.1, 0.15) is 24.0 Å². The summed E-state index contributed by atoms with van der Waals surface area (Å²) in [6.45, 7) is 12.1. The lowest BCUT2D eigenvalue weighted by Crippen LogP contribution is -2.42. The van der Waals surface area contributed by atoms with E-state index in [2.05, 4.69) is 22.0 Å². The quantitative estimate of drug-likeness (QED) is 0.294. The van der Waals surface area contributed by atoms with Crippen LogP contribution in [0.4, 0.5) is 4.79 Å². The number of nitrogens with one attached hydrogen (secondary N) is 1. The van der Waals surface area contributed by atoms with E-state index < -0.39 is 11.7 Å². The van der Waals surface area contributed by atoms with Crippen LogP contribution in [-0.4, -0.2) is 58.9 Å². The Labute approximate surface area is 227 Å². The molecule has 3 rings (SSSR count). The molecule has 0 fully saturated rings. The van der Waals surface area contributed by atoms with Gasteiger partial charge in [0.15, 0.2) is 0 Å². The number of carbonyl (C=O) groups is 2. The fraction of sp³-hybridized carbons (Fsp3) is 0.393. The number of carbonyl (C=O) groups excluding carboxylic acids is 2. The molecule has 2 aromatic rings. The van der Waals surface area contributed by atoms with E-state index in [1.54, 1.807) is 32.6 Å². The minimum absolute atomic E-state index is 0.126. The molecule has 0 bridgehead atoms. The Morgan fingerprint density at radius 1 is 1.28 bits per heavy atom. The Morgan fingerprint density at radius 2 is 2.00 bits per heavy atom. The number of hydrogen-bond donors (Lipinski definition) is 2. The highest BCUT2D eigenvalue weighted by molar-refractivity contribution is 5.82. The van der Waals surface area contributed by atoms with Gasteiger partial charge in [0.2, 0.25) is 11.7 Å². The number of allylic oxidation sites excluding steroid dienone is 3. The standard InChI is InChI=1S/C28H34N6O5/c1-6-37-18(2)22(15-29)14-23(16-30)26-32-25(33-39-26)21-8-7-19-9-11-34(12-10-20(19)13-21)24(35)17-31-27(36)38-28(3,4)5/h7-8,13-14,16H,2,6,9-12,17,30H2,1,3-5H3,(H,31,36)/b22-14-,23-16+. The molecule has 0 saturated carbocycles. The SMILES string of the molecule is C=C(OCC)/C(C#N)=C\C(=C/N)c1nc(-c2ccc3c(c2)CCN(C(=O)CNC(=O)OC(C)(C)C)CC3)no1. The average Bonchev–Trinajstić information content (AvgIpc) is 3.27. The topological polar surface area (TPSA) is 157 Å². The number of fused-ring (bicyclic) bond motifs is 1. The second kappa shape index (κ2) is 12.8. The number of alkyl carbamates (subject to hydrolysis) is 1. The van der Waals surface area contributed by atoms with Crippen LogP contribution >= 0.6 is 0 Å². The van der Waals surface area contributed by atoms with Crippen molar-refractivity contribution < 1.29 is 23.6 Å². The highest BCUT2D eigenvalue weighted by Crippen LogP contribution is 2.26. The Bertz CT molecular complexity index is 1330. The molecule has 3 N–H and O–H groups in total. The summed E-state index contributed by atoms with van der Waals surface area (Å²) in [5.74, 6) is 0.558. The number of aromatic nitrogens is 2. The number of ether oxygens (including phenoxy) is 2. The average molecular weight is 535 g/mol. The molecule has 0 atom stereocenters. The fourth-order valence-electron chi connectivity index (χ4n) is 3.91. The molecule has 0 radical (unpaired) electrons. The molecule has 0 aliphatic carbocycles. The smallest absolute Gasteiger partial charge is 0.408 e. The van der Waals surface area contributed by atoms with Crippen molar-refractivity contribution in [1.82, 2.24) is 20.4 Å². The minimum atomic E-state index is -0.633. The van der Waals surface area contributed by atoms with Gasteiger partial charge in [0.25, 0.3) is 5.89 Å². The molecule has 11 heteroatoms. The van der Waals surface area contributed by atoms with Gasteiger partial charge in [-0.1, -0.05) is 23.9 Å². The van der Waals surface area contributed by atoms with Crippen LogP contribution in [0.25, 0.3) is 17.0 Å². The molecule has 1 aromatic heterocycles. The number of nitriles is 1. The second-order valence-electron chi connectivity index (χ2n) is 9.79. The van der Waals surface area contributed by atoms with E-state index in [0.29, 0.717) is 43.9 Å². The summed E-state index contributed by atoms with van der Waals surface area (Å²) in [5, 5.41) is 16.1. The molecular weight excluding hydrogens is 500 g/mol. The number of nitrogens with zero attached hydrogens (tertiary/aromatic N) is 4. The monoisotopic (exact) mass is 534 g/mol. The Balaban J connectivity index is 1.69. The molecule has 1 aliphatic rings. The molecule has 1 aliphatic heterocycles. The summed E-state index contributed by atoms with van der Waals surface area (Å²) in [7, 11) is 0. The summed E-state index contributed by atoms with van der Waals surface area (Å²) >= 11 is 0. The van der Waals surface area contributed by atoms with Crippen molar-refractivity contribution in [2.75, 3.05) is 26.2 Å². The van der Waals surface area contributed by atoms with Gasteiger partial charge in [-0.25, -0.2) is 4.79 Å². The van der Waals surface area contributed by atoms with Crippen molar-refractivity contribution in [3.05, 3.63) is 65.4 Å². The molecule has 11 nitrogen and oxygen atoms in total. The first kappa shape index (κ1) is 29.0. The van der Waals surface area contributed by atoms with Gasteiger partial charge in [-0.3, -0.25) is 4.79 Å². The highest BCUT2D eigenvalue weighted by atomic mass is 16.6. The van der Waals surface area contributed by atoms with Crippen LogP contribution in [0.3, 0.4) is 0 Å². The lowest BCUT2D eigenvalue weighted by molar-refractivity contribution is -0.130. The van der Waals surface area contributed by atoms with Gasteiger partial charge in [-0.05, 0) is 63.8 Å². The molecule has 0 spiro atoms. The summed E-state index contributed by atoms with van der Waals surface area (Å²) in [4.78, 5) is 30.8. The first-order valence-corrected chi connectivity index (χ1v) is 12.6. The Kier molecular flexibility index (Phi) is 9.49. The van der Waals surface area contributed by atoms with Crippen LogP contribution in [-0.2, 0) is 27.1 Å². The van der Waals surface area contributed by atoms with Crippen LogP contribution in [0.1, 0.15) is 44.7 Å². The maximum atomic E-state index is 12.7. The second-order valence-corrected chi connectivity index (χ2v) is 9.79. The Hall–Kier alpha value is -4.59. The minimum Gasteiger partial charge on any atom is -0.493 e. The third-order valence-electron chi connectivity index (χ3n) is 5.79. The lowest BCUT2D eigenvalue weighted by Gasteiger charge is -2.22. The predicted octanol–water partition coefficient (Wildman–Crippen LogP) is 3.49. The van der Waals surface area contributed by atoms with Crippen molar-refractivity contribution in [3.8, 4) is 17.5 Å². The van der Waals surface area contributed by atoms with Crippen molar-refractivity contribution in [1.29, 1.82) is 5.26 Å². The number of benzene rings is 1. The normalized spacial score (nSPS) is 14.1. The van der Waals surface area contributed by atoms with E-state index >= 15 is 0 Å². The highest BCUT2D eigenvalue weighted by Gasteiger charge is 2.22. The van der Waals surface area contributed by atoms with E-state index in [9.17, 15) is 14.9 Å². The molecule has 1 aromatic carbocycles. The van der Waals surface area contributed by atoms with Crippen molar-refractivity contribution in [2.24, 2.45) is 5.73 Å². The van der Waals surface area contributed by atoms with E-state index in [-0.39, 0.29) is 29.7 Å². The van der Waals surface area contributed by atoms with Crippen molar-refractivity contribution in [2.45, 2.75) is 46.1 Å². The van der Waals surface area contributed by atoms with E-state index in [0.717, 1.165) is 16.7 Å². The molecule has 39 heavy (non-hydrogen) atoms. The van der Waals surface area contributed by atoms with Crippen molar-refractivity contribution >= 4 is 17.6 Å². The molecule has 2 heterocycles. The number of hydrogen-bond acceptors (Lipinski definition) is 9. The summed E-state index contributed by atoms with van der Waals surface area (Å²) in [6, 6.07) is 7.90. The first-order chi connectivity index (χ1) is 18.5. The van der Waals surface area contributed by atoms with Crippen LogP contribution in [0.2, 0.25) is 0 Å². The molecular formula is C28H34N6O5. The first-order valence-electron chi connectivity index (χ1n) is 12.6. The van der Waals surface area contributed by atoms with Crippen molar-refractivity contribution in [3.63, 3.8) is 0 Å². The molecule has 0 unspecified atom stereocenters. The lowest BCUT2D eigenvalue weighted by atomic mass is 10.00. The van der Waals surface area contributed by atoms with Crippen LogP contribution in [0, 0.1) is 11.3 Å². The number of amides is 2. The van der Waals surface area contributed by atoms with Crippen LogP contribution in [0.5, 0.6) is 0 Å². The maximum absolute atomic E-state index is 12.7.